The van der Waals surface area contributed by atoms with Crippen LogP contribution in [0.3, 0.4) is 0 Å². The van der Waals surface area contributed by atoms with Crippen LogP contribution in [0.15, 0.2) is 36.5 Å². The third-order valence-electron chi connectivity index (χ3n) is 3.11. The van der Waals surface area contributed by atoms with Crippen LogP contribution in [0.1, 0.15) is 0 Å². The zero-order chi connectivity index (χ0) is 12.0. The van der Waals surface area contributed by atoms with E-state index in [0.717, 1.165) is 5.52 Å². The van der Waals surface area contributed by atoms with Gasteiger partial charge in [-0.25, -0.2) is 0 Å². The van der Waals surface area contributed by atoms with E-state index < -0.39 is 0 Å². The molecule has 0 saturated heterocycles. The van der Waals surface area contributed by atoms with Gasteiger partial charge in [0.25, 0.3) is 0 Å². The second kappa shape index (κ2) is 3.48. The molecular formula is C14H15N3. The van der Waals surface area contributed by atoms with E-state index in [0.29, 0.717) is 0 Å². The molecule has 3 rings (SSSR count). The van der Waals surface area contributed by atoms with Crippen molar-refractivity contribution < 1.29 is 0 Å². The van der Waals surface area contributed by atoms with Gasteiger partial charge in [0, 0.05) is 43.8 Å². The Kier molecular flexibility index (Phi) is 2.08. The highest BCUT2D eigenvalue weighted by molar-refractivity contribution is 6.11. The number of hydrogen-bond acceptors (Lipinski definition) is 2. The average molecular weight is 225 g/mol. The molecule has 0 bridgehead atoms. The number of aromatic nitrogens is 2. The Hall–Kier alpha value is -2.03. The van der Waals surface area contributed by atoms with E-state index in [1.807, 2.05) is 11.7 Å². The summed E-state index contributed by atoms with van der Waals surface area (Å²) in [5.74, 6) is 0. The van der Waals surface area contributed by atoms with E-state index >= 15 is 0 Å². The maximum atomic E-state index is 4.50. The van der Waals surface area contributed by atoms with Crippen molar-refractivity contribution in [2.24, 2.45) is 7.05 Å². The number of nitrogens with zero attached hydrogens (tertiary/aromatic N) is 3. The van der Waals surface area contributed by atoms with Crippen molar-refractivity contribution in [1.29, 1.82) is 0 Å². The fraction of sp³-hybridized carbons (Fsp3) is 0.214. The van der Waals surface area contributed by atoms with Crippen LogP contribution >= 0.6 is 0 Å². The van der Waals surface area contributed by atoms with Gasteiger partial charge in [0.1, 0.15) is 0 Å². The molecule has 0 atom stereocenters. The van der Waals surface area contributed by atoms with Crippen LogP contribution in [0.4, 0.5) is 5.69 Å². The zero-order valence-electron chi connectivity index (χ0n) is 10.3. The molecule has 0 aliphatic heterocycles. The third kappa shape index (κ3) is 1.46. The van der Waals surface area contributed by atoms with Crippen molar-refractivity contribution in [3.63, 3.8) is 0 Å². The monoisotopic (exact) mass is 225 g/mol. The summed E-state index contributed by atoms with van der Waals surface area (Å²) in [4.78, 5) is 2.14. The SMILES string of the molecule is CN(C)c1cc2nn(C)cc2c2ccccc12. The molecule has 3 aromatic rings. The van der Waals surface area contributed by atoms with E-state index in [1.54, 1.807) is 0 Å². The second-order valence-electron chi connectivity index (χ2n) is 4.57. The summed E-state index contributed by atoms with van der Waals surface area (Å²) in [7, 11) is 6.09. The molecule has 0 radical (unpaired) electrons. The summed E-state index contributed by atoms with van der Waals surface area (Å²) in [6.07, 6.45) is 2.08. The van der Waals surface area contributed by atoms with Crippen molar-refractivity contribution in [3.8, 4) is 0 Å². The third-order valence-corrected chi connectivity index (χ3v) is 3.11. The minimum absolute atomic E-state index is 1.05. The van der Waals surface area contributed by atoms with Gasteiger partial charge in [0.15, 0.2) is 0 Å². The van der Waals surface area contributed by atoms with Gasteiger partial charge in [-0.2, -0.15) is 5.10 Å². The number of benzene rings is 2. The van der Waals surface area contributed by atoms with Crippen molar-refractivity contribution in [2.45, 2.75) is 0 Å². The van der Waals surface area contributed by atoms with Crippen molar-refractivity contribution in [1.82, 2.24) is 9.78 Å². The minimum Gasteiger partial charge on any atom is -0.377 e. The first kappa shape index (κ1) is 10.1. The van der Waals surface area contributed by atoms with Crippen LogP contribution in [0.2, 0.25) is 0 Å². The second-order valence-corrected chi connectivity index (χ2v) is 4.57. The number of rotatable bonds is 1. The van der Waals surface area contributed by atoms with Gasteiger partial charge in [0.05, 0.1) is 5.52 Å². The maximum absolute atomic E-state index is 4.50. The lowest BCUT2D eigenvalue weighted by Crippen LogP contribution is -2.09. The van der Waals surface area contributed by atoms with Gasteiger partial charge in [-0.3, -0.25) is 4.68 Å². The Morgan fingerprint density at radius 2 is 1.76 bits per heavy atom. The number of fused-ring (bicyclic) bond motifs is 3. The number of aryl methyl sites for hydroxylation is 1. The Bertz CT molecular complexity index is 695. The molecule has 0 unspecified atom stereocenters. The molecule has 0 aliphatic rings. The summed E-state index contributed by atoms with van der Waals surface area (Å²) < 4.78 is 1.87. The lowest BCUT2D eigenvalue weighted by molar-refractivity contribution is 0.780. The molecule has 3 heteroatoms. The van der Waals surface area contributed by atoms with E-state index in [1.165, 1.54) is 21.8 Å². The molecule has 1 aromatic heterocycles. The summed E-state index contributed by atoms with van der Waals surface area (Å²) in [6.45, 7) is 0. The summed E-state index contributed by atoms with van der Waals surface area (Å²) >= 11 is 0. The van der Waals surface area contributed by atoms with Gasteiger partial charge >= 0.3 is 0 Å². The quantitative estimate of drug-likeness (QED) is 0.635. The van der Waals surface area contributed by atoms with Crippen LogP contribution in [-0.2, 0) is 7.05 Å². The Morgan fingerprint density at radius 3 is 2.47 bits per heavy atom. The van der Waals surface area contributed by atoms with E-state index in [2.05, 4.69) is 60.6 Å². The average Bonchev–Trinajstić information content (AvgIpc) is 2.68. The lowest BCUT2D eigenvalue weighted by atomic mass is 10.0. The highest BCUT2D eigenvalue weighted by Gasteiger charge is 2.09. The smallest absolute Gasteiger partial charge is 0.0950 e. The summed E-state index contributed by atoms with van der Waals surface area (Å²) in [5, 5.41) is 8.25. The van der Waals surface area contributed by atoms with Crippen LogP contribution < -0.4 is 4.90 Å². The Morgan fingerprint density at radius 1 is 1.06 bits per heavy atom. The summed E-state index contributed by atoms with van der Waals surface area (Å²) in [5.41, 5.74) is 2.27. The molecule has 86 valence electrons. The first-order valence-electron chi connectivity index (χ1n) is 5.69. The van der Waals surface area contributed by atoms with Crippen LogP contribution in [0.25, 0.3) is 21.7 Å². The fourth-order valence-electron chi connectivity index (χ4n) is 2.34. The molecule has 0 N–H and O–H groups in total. The first-order valence-corrected chi connectivity index (χ1v) is 5.69. The predicted octanol–water partition coefficient (Wildman–Crippen LogP) is 2.79. The fourth-order valence-corrected chi connectivity index (χ4v) is 2.34. The normalized spacial score (nSPS) is 11.2. The Balaban J connectivity index is 2.53. The topological polar surface area (TPSA) is 21.1 Å². The van der Waals surface area contributed by atoms with Gasteiger partial charge in [-0.05, 0) is 11.5 Å². The number of hydrogen-bond donors (Lipinski definition) is 0. The van der Waals surface area contributed by atoms with Crippen molar-refractivity contribution in [3.05, 3.63) is 36.5 Å². The van der Waals surface area contributed by atoms with Crippen molar-refractivity contribution in [2.75, 3.05) is 19.0 Å². The van der Waals surface area contributed by atoms with Gasteiger partial charge < -0.3 is 4.90 Å². The van der Waals surface area contributed by atoms with E-state index in [-0.39, 0.29) is 0 Å². The molecule has 2 aromatic carbocycles. The lowest BCUT2D eigenvalue weighted by Gasteiger charge is -2.15. The molecule has 0 aliphatic carbocycles. The molecule has 0 fully saturated rings. The van der Waals surface area contributed by atoms with Gasteiger partial charge in [-0.15, -0.1) is 0 Å². The molecule has 0 saturated carbocycles. The first-order chi connectivity index (χ1) is 8.16. The Labute approximate surface area is 100 Å². The molecule has 17 heavy (non-hydrogen) atoms. The molecule has 0 amide bonds. The van der Waals surface area contributed by atoms with Gasteiger partial charge in [-0.1, -0.05) is 24.3 Å². The largest absolute Gasteiger partial charge is 0.377 e. The maximum Gasteiger partial charge on any atom is 0.0950 e. The van der Waals surface area contributed by atoms with Crippen molar-refractivity contribution >= 4 is 27.4 Å². The minimum atomic E-state index is 1.05. The van der Waals surface area contributed by atoms with E-state index in [4.69, 9.17) is 0 Å². The molecule has 0 spiro atoms. The van der Waals surface area contributed by atoms with Crippen LogP contribution in [0, 0.1) is 0 Å². The molecule has 3 nitrogen and oxygen atoms in total. The summed E-state index contributed by atoms with van der Waals surface area (Å²) in [6, 6.07) is 10.6. The van der Waals surface area contributed by atoms with Crippen LogP contribution in [0.5, 0.6) is 0 Å². The predicted molar refractivity (Wildman–Crippen MR) is 72.5 cm³/mol. The molecule has 1 heterocycles. The number of anilines is 1. The van der Waals surface area contributed by atoms with E-state index in [9.17, 15) is 0 Å². The molecular weight excluding hydrogens is 210 g/mol. The highest BCUT2D eigenvalue weighted by Crippen LogP contribution is 2.32. The van der Waals surface area contributed by atoms with Gasteiger partial charge in [0.2, 0.25) is 0 Å². The van der Waals surface area contributed by atoms with Crippen LogP contribution in [-0.4, -0.2) is 23.9 Å². The standard InChI is InChI=1S/C14H15N3/c1-16(2)14-8-13-12(9-17(3)15-13)10-6-4-5-7-11(10)14/h4-9H,1-3H3. The zero-order valence-corrected chi connectivity index (χ0v) is 10.3. The highest BCUT2D eigenvalue weighted by atomic mass is 15.2.